The van der Waals surface area contributed by atoms with E-state index in [1.165, 1.54) is 11.8 Å². The van der Waals surface area contributed by atoms with E-state index in [2.05, 4.69) is 5.32 Å². The molecule has 2 aliphatic rings. The molecule has 0 bridgehead atoms. The lowest BCUT2D eigenvalue weighted by atomic mass is 9.85. The molecule has 0 aromatic carbocycles. The number of sulfone groups is 1. The van der Waals surface area contributed by atoms with Crippen LogP contribution in [-0.4, -0.2) is 73.8 Å². The monoisotopic (exact) mass is 320 g/mol. The van der Waals surface area contributed by atoms with Crippen molar-refractivity contribution in [2.75, 3.05) is 31.3 Å². The van der Waals surface area contributed by atoms with Crippen molar-refractivity contribution >= 4 is 21.8 Å². The molecule has 3 unspecified atom stereocenters. The highest BCUT2D eigenvalue weighted by atomic mass is 32.2. The summed E-state index contributed by atoms with van der Waals surface area (Å²) < 4.78 is 28.2. The van der Waals surface area contributed by atoms with Crippen LogP contribution in [0.3, 0.4) is 0 Å². The second-order valence-corrected chi connectivity index (χ2v) is 8.13. The van der Waals surface area contributed by atoms with Crippen molar-refractivity contribution in [3.8, 4) is 0 Å². The van der Waals surface area contributed by atoms with Gasteiger partial charge >= 0.3 is 12.0 Å². The van der Waals surface area contributed by atoms with Gasteiger partial charge in [0.25, 0.3) is 0 Å². The van der Waals surface area contributed by atoms with E-state index in [4.69, 9.17) is 4.74 Å². The van der Waals surface area contributed by atoms with Crippen molar-refractivity contribution in [2.45, 2.75) is 25.9 Å². The van der Waals surface area contributed by atoms with Gasteiger partial charge in [-0.05, 0) is 13.8 Å². The van der Waals surface area contributed by atoms with Gasteiger partial charge in [-0.15, -0.1) is 0 Å². The number of rotatable bonds is 2. The van der Waals surface area contributed by atoms with E-state index in [0.717, 1.165) is 0 Å². The van der Waals surface area contributed by atoms with Crippen molar-refractivity contribution in [3.63, 3.8) is 0 Å². The topological polar surface area (TPSA) is 113 Å². The van der Waals surface area contributed by atoms with Gasteiger partial charge in [0.15, 0.2) is 9.84 Å². The minimum Gasteiger partial charge on any atom is -0.481 e. The maximum Gasteiger partial charge on any atom is 0.318 e. The van der Waals surface area contributed by atoms with E-state index < -0.39 is 39.3 Å². The molecule has 2 rings (SSSR count). The van der Waals surface area contributed by atoms with Crippen LogP contribution in [-0.2, 0) is 19.4 Å². The first-order chi connectivity index (χ1) is 9.66. The Labute approximate surface area is 123 Å². The molecule has 2 heterocycles. The fourth-order valence-electron chi connectivity index (χ4n) is 2.62. The molecule has 2 aliphatic heterocycles. The van der Waals surface area contributed by atoms with Gasteiger partial charge in [-0.1, -0.05) is 0 Å². The third kappa shape index (κ3) is 3.13. The van der Waals surface area contributed by atoms with Gasteiger partial charge in [0.05, 0.1) is 30.8 Å². The van der Waals surface area contributed by atoms with Gasteiger partial charge in [-0.2, -0.15) is 0 Å². The summed E-state index contributed by atoms with van der Waals surface area (Å²) >= 11 is 0. The van der Waals surface area contributed by atoms with Gasteiger partial charge in [0, 0.05) is 12.6 Å². The molecule has 0 spiro atoms. The Hall–Kier alpha value is -1.35. The molecule has 0 saturated carbocycles. The Balaban J connectivity index is 2.03. The number of carbonyl (C=O) groups is 2. The van der Waals surface area contributed by atoms with Crippen LogP contribution in [0.1, 0.15) is 13.8 Å². The molecule has 2 N–H and O–H groups in total. The molecule has 2 fully saturated rings. The molecule has 9 heteroatoms. The van der Waals surface area contributed by atoms with Crippen molar-refractivity contribution in [2.24, 2.45) is 5.41 Å². The Morgan fingerprint density at radius 1 is 1.43 bits per heavy atom. The fourth-order valence-corrected chi connectivity index (χ4v) is 4.17. The standard InChI is InChI=1S/C12H20N2O6S/c1-8-6-21(18,19)4-3-14(8)11(17)13-9-5-20-7-12(9,2)10(15)16/h8-9H,3-7H2,1-2H3,(H,13,17)(H,15,16). The molecule has 3 atom stereocenters. The van der Waals surface area contributed by atoms with Crippen molar-refractivity contribution in [1.82, 2.24) is 10.2 Å². The number of amides is 2. The lowest BCUT2D eigenvalue weighted by Gasteiger charge is -2.35. The Bertz CT molecular complexity index is 548. The highest BCUT2D eigenvalue weighted by molar-refractivity contribution is 7.91. The third-order valence-electron chi connectivity index (χ3n) is 4.17. The summed E-state index contributed by atoms with van der Waals surface area (Å²) in [6.07, 6.45) is 0. The molecular weight excluding hydrogens is 300 g/mol. The lowest BCUT2D eigenvalue weighted by molar-refractivity contribution is -0.148. The highest BCUT2D eigenvalue weighted by Crippen LogP contribution is 2.29. The summed E-state index contributed by atoms with van der Waals surface area (Å²) in [5, 5.41) is 11.9. The zero-order chi connectivity index (χ0) is 15.8. The summed E-state index contributed by atoms with van der Waals surface area (Å²) in [7, 11) is -3.10. The average Bonchev–Trinajstić information content (AvgIpc) is 2.71. The quantitative estimate of drug-likeness (QED) is 0.696. The number of carbonyl (C=O) groups excluding carboxylic acids is 1. The number of hydrogen-bond donors (Lipinski definition) is 2. The van der Waals surface area contributed by atoms with Gasteiger partial charge in [-0.3, -0.25) is 4.79 Å². The van der Waals surface area contributed by atoms with Crippen molar-refractivity contribution in [3.05, 3.63) is 0 Å². The first-order valence-electron chi connectivity index (χ1n) is 6.74. The molecule has 21 heavy (non-hydrogen) atoms. The van der Waals surface area contributed by atoms with Crippen LogP contribution < -0.4 is 5.32 Å². The first kappa shape index (κ1) is 16.0. The van der Waals surface area contributed by atoms with E-state index >= 15 is 0 Å². The number of nitrogens with zero attached hydrogens (tertiary/aromatic N) is 1. The van der Waals surface area contributed by atoms with E-state index in [1.807, 2.05) is 0 Å². The summed E-state index contributed by atoms with van der Waals surface area (Å²) in [5.41, 5.74) is -1.17. The summed E-state index contributed by atoms with van der Waals surface area (Å²) in [4.78, 5) is 25.0. The maximum atomic E-state index is 12.3. The fraction of sp³-hybridized carbons (Fsp3) is 0.833. The van der Waals surface area contributed by atoms with Gasteiger partial charge < -0.3 is 20.1 Å². The molecular formula is C12H20N2O6S. The minimum atomic E-state index is -3.10. The first-order valence-corrected chi connectivity index (χ1v) is 8.56. The SMILES string of the molecule is CC1CS(=O)(=O)CCN1C(=O)NC1COCC1(C)C(=O)O. The number of carboxylic acids is 1. The van der Waals surface area contributed by atoms with E-state index in [1.54, 1.807) is 6.92 Å². The molecule has 0 aromatic rings. The van der Waals surface area contributed by atoms with Gasteiger partial charge in [-0.25, -0.2) is 13.2 Å². The minimum absolute atomic E-state index is 0.0389. The van der Waals surface area contributed by atoms with Crippen LogP contribution in [0.15, 0.2) is 0 Å². The van der Waals surface area contributed by atoms with Crippen LogP contribution in [0.4, 0.5) is 4.79 Å². The molecule has 0 aromatic heterocycles. The number of urea groups is 1. The number of hydrogen-bond acceptors (Lipinski definition) is 5. The average molecular weight is 320 g/mol. The van der Waals surface area contributed by atoms with E-state index in [9.17, 15) is 23.1 Å². The lowest BCUT2D eigenvalue weighted by Crippen LogP contribution is -2.58. The van der Waals surface area contributed by atoms with Crippen molar-refractivity contribution in [1.29, 1.82) is 0 Å². The highest BCUT2D eigenvalue weighted by Gasteiger charge is 2.48. The number of ether oxygens (including phenoxy) is 1. The van der Waals surface area contributed by atoms with Crippen LogP contribution in [0, 0.1) is 5.41 Å². The number of aliphatic carboxylic acids is 1. The molecule has 2 amide bonds. The molecule has 0 radical (unpaired) electrons. The molecule has 120 valence electrons. The predicted octanol–water partition coefficient (Wildman–Crippen LogP) is -0.695. The second kappa shape index (κ2) is 5.45. The number of carboxylic acid groups (broad SMARTS) is 1. The third-order valence-corrected chi connectivity index (χ3v) is 5.97. The maximum absolute atomic E-state index is 12.3. The van der Waals surface area contributed by atoms with Gasteiger partial charge in [0.1, 0.15) is 5.41 Å². The predicted molar refractivity (Wildman–Crippen MR) is 73.7 cm³/mol. The van der Waals surface area contributed by atoms with E-state index in [0.29, 0.717) is 0 Å². The van der Waals surface area contributed by atoms with Crippen LogP contribution in [0.2, 0.25) is 0 Å². The molecule has 8 nitrogen and oxygen atoms in total. The largest absolute Gasteiger partial charge is 0.481 e. The normalized spacial score (nSPS) is 35.4. The molecule has 2 saturated heterocycles. The smallest absolute Gasteiger partial charge is 0.318 e. The van der Waals surface area contributed by atoms with E-state index in [-0.39, 0.29) is 31.3 Å². The second-order valence-electron chi connectivity index (χ2n) is 5.90. The summed E-state index contributed by atoms with van der Waals surface area (Å²) in [6.45, 7) is 3.48. The Kier molecular flexibility index (Phi) is 4.16. The van der Waals surface area contributed by atoms with Crippen LogP contribution in [0.5, 0.6) is 0 Å². The Morgan fingerprint density at radius 3 is 2.67 bits per heavy atom. The summed E-state index contributed by atoms with van der Waals surface area (Å²) in [6, 6.07) is -1.50. The molecule has 0 aliphatic carbocycles. The zero-order valence-electron chi connectivity index (χ0n) is 12.0. The Morgan fingerprint density at radius 2 is 2.10 bits per heavy atom. The van der Waals surface area contributed by atoms with Crippen LogP contribution in [0.25, 0.3) is 0 Å². The van der Waals surface area contributed by atoms with Crippen LogP contribution >= 0.6 is 0 Å². The van der Waals surface area contributed by atoms with Crippen molar-refractivity contribution < 1.29 is 27.9 Å². The zero-order valence-corrected chi connectivity index (χ0v) is 12.9. The number of nitrogens with one attached hydrogen (secondary N) is 1. The van der Waals surface area contributed by atoms with Gasteiger partial charge in [0.2, 0.25) is 0 Å². The summed E-state index contributed by atoms with van der Waals surface area (Å²) in [5.74, 6) is -1.17.